The van der Waals surface area contributed by atoms with E-state index in [9.17, 15) is 0 Å². The summed E-state index contributed by atoms with van der Waals surface area (Å²) in [5.41, 5.74) is 0.844. The molecule has 0 unspecified atom stereocenters. The number of nitrogens with zero attached hydrogens (tertiary/aromatic N) is 1. The van der Waals surface area contributed by atoms with Gasteiger partial charge in [-0.3, -0.25) is 0 Å². The molecule has 0 aliphatic rings. The lowest BCUT2D eigenvalue weighted by atomic mass is 10.2. The number of furan rings is 1. The van der Waals surface area contributed by atoms with Crippen molar-refractivity contribution in [2.24, 2.45) is 0 Å². The summed E-state index contributed by atoms with van der Waals surface area (Å²) in [5, 5.41) is 8.84. The largest absolute Gasteiger partial charge is 0.469 e. The quantitative estimate of drug-likeness (QED) is 0.837. The highest BCUT2D eigenvalue weighted by atomic mass is 16.4. The Morgan fingerprint density at radius 3 is 2.88 bits per heavy atom. The molecule has 0 aliphatic carbocycles. The van der Waals surface area contributed by atoms with Crippen LogP contribution in [0.2, 0.25) is 0 Å². The van der Waals surface area contributed by atoms with E-state index >= 15 is 0 Å². The topological polar surface area (TPSA) is 59.4 Å². The van der Waals surface area contributed by atoms with Crippen LogP contribution in [0.15, 0.2) is 27.2 Å². The molecule has 2 heterocycles. The molecule has 2 rings (SSSR count). The molecule has 16 heavy (non-hydrogen) atoms. The molecule has 0 saturated heterocycles. The molecular weight excluding hydrogens is 206 g/mol. The second-order valence-corrected chi connectivity index (χ2v) is 3.66. The van der Waals surface area contributed by atoms with Crippen LogP contribution in [-0.2, 0) is 19.3 Å². The fourth-order valence-electron chi connectivity index (χ4n) is 1.62. The molecule has 2 aromatic heterocycles. The first-order valence-electron chi connectivity index (χ1n) is 5.38. The van der Waals surface area contributed by atoms with Gasteiger partial charge in [0.2, 0.25) is 0 Å². The van der Waals surface area contributed by atoms with Crippen molar-refractivity contribution < 1.29 is 13.9 Å². The molecule has 4 heteroatoms. The fourth-order valence-corrected chi connectivity index (χ4v) is 1.62. The van der Waals surface area contributed by atoms with Gasteiger partial charge in [0.05, 0.1) is 12.0 Å². The zero-order valence-electron chi connectivity index (χ0n) is 9.27. The molecule has 2 aromatic rings. The SMILES string of the molecule is Cc1oc(CCc2ccco2)nc1CCO. The first-order chi connectivity index (χ1) is 7.79. The number of hydrogen-bond acceptors (Lipinski definition) is 4. The molecule has 0 aromatic carbocycles. The van der Waals surface area contributed by atoms with E-state index in [1.54, 1.807) is 6.26 Å². The maximum atomic E-state index is 8.84. The molecular formula is C12H15NO3. The van der Waals surface area contributed by atoms with Crippen molar-refractivity contribution in [1.29, 1.82) is 0 Å². The second-order valence-electron chi connectivity index (χ2n) is 3.66. The summed E-state index contributed by atoms with van der Waals surface area (Å²) in [6, 6.07) is 3.80. The standard InChI is InChI=1S/C12H15NO3/c1-9-11(6-7-14)13-12(16-9)5-4-10-3-2-8-15-10/h2-3,8,14H,4-7H2,1H3. The minimum atomic E-state index is 0.102. The molecule has 0 fully saturated rings. The van der Waals surface area contributed by atoms with Gasteiger partial charge in [-0.25, -0.2) is 4.98 Å². The summed E-state index contributed by atoms with van der Waals surface area (Å²) in [6.45, 7) is 1.97. The third kappa shape index (κ3) is 2.52. The Morgan fingerprint density at radius 2 is 2.19 bits per heavy atom. The summed E-state index contributed by atoms with van der Waals surface area (Å²) < 4.78 is 10.7. The first kappa shape index (κ1) is 11.0. The summed E-state index contributed by atoms with van der Waals surface area (Å²) >= 11 is 0. The van der Waals surface area contributed by atoms with Gasteiger partial charge in [-0.1, -0.05) is 0 Å². The van der Waals surface area contributed by atoms with Crippen molar-refractivity contribution in [3.63, 3.8) is 0 Å². The summed E-state index contributed by atoms with van der Waals surface area (Å²) in [5.74, 6) is 2.43. The molecule has 86 valence electrons. The average molecular weight is 221 g/mol. The van der Waals surface area contributed by atoms with Crippen LogP contribution in [0.3, 0.4) is 0 Å². The third-order valence-electron chi connectivity index (χ3n) is 2.45. The lowest BCUT2D eigenvalue weighted by Crippen LogP contribution is -1.94. The van der Waals surface area contributed by atoms with E-state index < -0.39 is 0 Å². The first-order valence-corrected chi connectivity index (χ1v) is 5.38. The molecule has 0 radical (unpaired) electrons. The van der Waals surface area contributed by atoms with Gasteiger partial charge in [0.25, 0.3) is 0 Å². The Morgan fingerprint density at radius 1 is 1.31 bits per heavy atom. The van der Waals surface area contributed by atoms with E-state index in [4.69, 9.17) is 13.9 Å². The van der Waals surface area contributed by atoms with Gasteiger partial charge in [-0.2, -0.15) is 0 Å². The van der Waals surface area contributed by atoms with E-state index in [0.29, 0.717) is 12.3 Å². The van der Waals surface area contributed by atoms with Crippen LogP contribution in [0, 0.1) is 6.92 Å². The molecule has 0 aliphatic heterocycles. The highest BCUT2D eigenvalue weighted by Crippen LogP contribution is 2.13. The van der Waals surface area contributed by atoms with Crippen LogP contribution in [0.5, 0.6) is 0 Å². The maximum absolute atomic E-state index is 8.84. The number of rotatable bonds is 5. The predicted octanol–water partition coefficient (Wildman–Crippen LogP) is 1.90. The van der Waals surface area contributed by atoms with Crippen molar-refractivity contribution in [3.8, 4) is 0 Å². The molecule has 0 amide bonds. The molecule has 0 bridgehead atoms. The Bertz CT molecular complexity index is 431. The van der Waals surface area contributed by atoms with Crippen LogP contribution < -0.4 is 0 Å². The Kier molecular flexibility index (Phi) is 3.41. The van der Waals surface area contributed by atoms with Crippen LogP contribution >= 0.6 is 0 Å². The minimum absolute atomic E-state index is 0.102. The van der Waals surface area contributed by atoms with Crippen molar-refractivity contribution in [2.45, 2.75) is 26.2 Å². The van der Waals surface area contributed by atoms with Crippen molar-refractivity contribution in [1.82, 2.24) is 4.98 Å². The monoisotopic (exact) mass is 221 g/mol. The fraction of sp³-hybridized carbons (Fsp3) is 0.417. The molecule has 0 atom stereocenters. The normalized spacial score (nSPS) is 10.9. The van der Waals surface area contributed by atoms with E-state index in [1.807, 2.05) is 19.1 Å². The van der Waals surface area contributed by atoms with Gasteiger partial charge in [-0.15, -0.1) is 0 Å². The molecule has 4 nitrogen and oxygen atoms in total. The smallest absolute Gasteiger partial charge is 0.195 e. The van der Waals surface area contributed by atoms with Crippen LogP contribution in [0.25, 0.3) is 0 Å². The van der Waals surface area contributed by atoms with Gasteiger partial charge < -0.3 is 13.9 Å². The number of oxazole rings is 1. The average Bonchev–Trinajstić information content (AvgIpc) is 2.87. The van der Waals surface area contributed by atoms with E-state index in [-0.39, 0.29) is 6.61 Å². The number of aryl methyl sites for hydroxylation is 3. The molecule has 1 N–H and O–H groups in total. The van der Waals surface area contributed by atoms with E-state index in [2.05, 4.69) is 4.98 Å². The van der Waals surface area contributed by atoms with Gasteiger partial charge in [0, 0.05) is 25.9 Å². The lowest BCUT2D eigenvalue weighted by molar-refractivity contribution is 0.297. The highest BCUT2D eigenvalue weighted by molar-refractivity contribution is 5.09. The Balaban J connectivity index is 1.97. The number of aromatic nitrogens is 1. The van der Waals surface area contributed by atoms with Crippen LogP contribution in [0.1, 0.15) is 23.1 Å². The maximum Gasteiger partial charge on any atom is 0.195 e. The van der Waals surface area contributed by atoms with E-state index in [1.165, 1.54) is 0 Å². The zero-order chi connectivity index (χ0) is 11.4. The zero-order valence-corrected chi connectivity index (χ0v) is 9.27. The Hall–Kier alpha value is -1.55. The number of hydrogen-bond donors (Lipinski definition) is 1. The number of aliphatic hydroxyl groups is 1. The van der Waals surface area contributed by atoms with Gasteiger partial charge in [-0.05, 0) is 19.1 Å². The summed E-state index contributed by atoms with van der Waals surface area (Å²) in [7, 11) is 0. The molecule has 0 spiro atoms. The van der Waals surface area contributed by atoms with Gasteiger partial charge in [0.15, 0.2) is 5.89 Å². The number of aliphatic hydroxyl groups excluding tert-OH is 1. The van der Waals surface area contributed by atoms with Gasteiger partial charge in [0.1, 0.15) is 11.5 Å². The van der Waals surface area contributed by atoms with Crippen LogP contribution in [0.4, 0.5) is 0 Å². The predicted molar refractivity (Wildman–Crippen MR) is 58.1 cm³/mol. The van der Waals surface area contributed by atoms with Crippen LogP contribution in [-0.4, -0.2) is 16.7 Å². The summed E-state index contributed by atoms with van der Waals surface area (Å²) in [4.78, 5) is 4.33. The van der Waals surface area contributed by atoms with Gasteiger partial charge >= 0.3 is 0 Å². The second kappa shape index (κ2) is 4.99. The lowest BCUT2D eigenvalue weighted by Gasteiger charge is -1.92. The van der Waals surface area contributed by atoms with E-state index in [0.717, 1.165) is 30.1 Å². The van der Waals surface area contributed by atoms with Crippen molar-refractivity contribution in [2.75, 3.05) is 6.61 Å². The van der Waals surface area contributed by atoms with Crippen molar-refractivity contribution >= 4 is 0 Å². The Labute approximate surface area is 93.9 Å². The minimum Gasteiger partial charge on any atom is -0.469 e. The van der Waals surface area contributed by atoms with Crippen molar-refractivity contribution in [3.05, 3.63) is 41.5 Å². The third-order valence-corrected chi connectivity index (χ3v) is 2.45. The molecule has 0 saturated carbocycles. The summed E-state index contributed by atoms with van der Waals surface area (Å²) in [6.07, 6.45) is 3.72. The highest BCUT2D eigenvalue weighted by Gasteiger charge is 2.09.